The maximum absolute atomic E-state index is 12.8. The van der Waals surface area contributed by atoms with Crippen LogP contribution in [0.5, 0.6) is 0 Å². The first kappa shape index (κ1) is 19.8. The molecule has 148 valence electrons. The van der Waals surface area contributed by atoms with Crippen LogP contribution >= 0.6 is 12.4 Å². The maximum atomic E-state index is 12.8. The predicted molar refractivity (Wildman–Crippen MR) is 94.3 cm³/mol. The van der Waals surface area contributed by atoms with Gasteiger partial charge in [0.2, 0.25) is 0 Å². The van der Waals surface area contributed by atoms with Gasteiger partial charge in [0.15, 0.2) is 0 Å². The van der Waals surface area contributed by atoms with Crippen LogP contribution < -0.4 is 5.69 Å². The monoisotopic (exact) mass is 405 g/mol. The first-order chi connectivity index (χ1) is 12.2. The van der Waals surface area contributed by atoms with Crippen molar-refractivity contribution in [1.29, 1.82) is 0 Å². The van der Waals surface area contributed by atoms with Crippen molar-refractivity contribution in [2.45, 2.75) is 50.0 Å². The largest absolute Gasteiger partial charge is 0.445 e. The average Bonchev–Trinajstić information content (AvgIpc) is 2.96. The van der Waals surface area contributed by atoms with E-state index in [0.717, 1.165) is 35.6 Å². The van der Waals surface area contributed by atoms with Crippen LogP contribution in [0.2, 0.25) is 0 Å². The van der Waals surface area contributed by atoms with Crippen molar-refractivity contribution in [2.24, 2.45) is 0 Å². The molecule has 2 atom stereocenters. The number of ether oxygens (including phenoxy) is 1. The minimum absolute atomic E-state index is 0. The second kappa shape index (κ2) is 6.87. The summed E-state index contributed by atoms with van der Waals surface area (Å²) >= 11 is 0. The molecule has 1 aromatic carbocycles. The lowest BCUT2D eigenvalue weighted by molar-refractivity contribution is -0.137. The van der Waals surface area contributed by atoms with Crippen LogP contribution in [0, 0.1) is 0 Å². The Bertz CT molecular complexity index is 910. The number of benzene rings is 1. The molecule has 2 fully saturated rings. The van der Waals surface area contributed by atoms with E-state index in [1.807, 2.05) is 0 Å². The molecule has 6 nitrogen and oxygen atoms in total. The number of carbonyl (C=O) groups is 1. The van der Waals surface area contributed by atoms with Crippen molar-refractivity contribution >= 4 is 29.5 Å². The number of nitrogens with zero attached hydrogens (tertiary/aromatic N) is 2. The summed E-state index contributed by atoms with van der Waals surface area (Å²) in [7, 11) is 2.06. The summed E-state index contributed by atoms with van der Waals surface area (Å²) in [5.41, 5.74) is -1.67. The summed E-state index contributed by atoms with van der Waals surface area (Å²) in [5.74, 6) is 0. The third kappa shape index (κ3) is 3.45. The summed E-state index contributed by atoms with van der Waals surface area (Å²) in [6.45, 7) is 0. The van der Waals surface area contributed by atoms with E-state index in [4.69, 9.17) is 4.74 Å². The zero-order chi connectivity index (χ0) is 18.6. The highest BCUT2D eigenvalue weighted by Crippen LogP contribution is 2.35. The molecule has 2 saturated heterocycles. The number of H-pyrrole nitrogens is 1. The fraction of sp³-hybridized carbons (Fsp3) is 0.529. The van der Waals surface area contributed by atoms with Crippen LogP contribution in [0.4, 0.5) is 18.0 Å². The van der Waals surface area contributed by atoms with Crippen molar-refractivity contribution in [3.63, 3.8) is 0 Å². The molecule has 3 heterocycles. The summed E-state index contributed by atoms with van der Waals surface area (Å²) in [6.07, 6.45) is -2.15. The first-order valence-electron chi connectivity index (χ1n) is 8.49. The van der Waals surface area contributed by atoms with Crippen LogP contribution in [0.25, 0.3) is 11.0 Å². The Kier molecular flexibility index (Phi) is 5.02. The zero-order valence-electron chi connectivity index (χ0n) is 14.5. The molecule has 2 unspecified atom stereocenters. The van der Waals surface area contributed by atoms with E-state index in [9.17, 15) is 22.8 Å². The third-order valence-corrected chi connectivity index (χ3v) is 5.51. The van der Waals surface area contributed by atoms with Crippen LogP contribution in [-0.4, -0.2) is 45.8 Å². The highest BCUT2D eigenvalue weighted by molar-refractivity contribution is 5.86. The third-order valence-electron chi connectivity index (χ3n) is 5.51. The average molecular weight is 406 g/mol. The normalized spacial score (nSPS) is 25.4. The highest BCUT2D eigenvalue weighted by Gasteiger charge is 2.40. The van der Waals surface area contributed by atoms with Gasteiger partial charge in [0.25, 0.3) is 0 Å². The van der Waals surface area contributed by atoms with Gasteiger partial charge >= 0.3 is 18.0 Å². The number of aromatic nitrogens is 2. The summed E-state index contributed by atoms with van der Waals surface area (Å²) < 4.78 is 44.7. The van der Waals surface area contributed by atoms with Gasteiger partial charge in [-0.25, -0.2) is 9.59 Å². The molecule has 2 aliphatic heterocycles. The van der Waals surface area contributed by atoms with Gasteiger partial charge in [-0.3, -0.25) is 0 Å². The molecule has 2 bridgehead atoms. The van der Waals surface area contributed by atoms with Gasteiger partial charge in [-0.2, -0.15) is 17.7 Å². The minimum Gasteiger partial charge on any atom is -0.445 e. The molecular formula is C17H19ClF3N3O3. The van der Waals surface area contributed by atoms with E-state index in [-0.39, 0.29) is 29.5 Å². The molecule has 1 N–H and O–H groups in total. The Morgan fingerprint density at radius 2 is 1.85 bits per heavy atom. The topological polar surface area (TPSA) is 67.3 Å². The van der Waals surface area contributed by atoms with E-state index in [1.54, 1.807) is 0 Å². The SMILES string of the molecule is CN1C2CCC1CC(OC(=O)n1c(=O)[nH]c3cc(C(F)(F)F)ccc31)C2.Cl. The van der Waals surface area contributed by atoms with E-state index < -0.39 is 23.5 Å². The molecule has 27 heavy (non-hydrogen) atoms. The number of fused-ring (bicyclic) bond motifs is 3. The first-order valence-corrected chi connectivity index (χ1v) is 8.49. The molecule has 1 aromatic heterocycles. The van der Waals surface area contributed by atoms with Crippen LogP contribution in [-0.2, 0) is 10.9 Å². The smallest absolute Gasteiger partial charge is 0.423 e. The molecule has 0 radical (unpaired) electrons. The molecular weight excluding hydrogens is 387 g/mol. The summed E-state index contributed by atoms with van der Waals surface area (Å²) in [6, 6.07) is 3.49. The molecule has 2 aromatic rings. The number of nitrogens with one attached hydrogen (secondary N) is 1. The van der Waals surface area contributed by atoms with Crippen molar-refractivity contribution in [3.8, 4) is 0 Å². The second-order valence-corrected chi connectivity index (χ2v) is 7.02. The Hall–Kier alpha value is -2.00. The Morgan fingerprint density at radius 1 is 1.22 bits per heavy atom. The standard InChI is InChI=1S/C17H18F3N3O3.ClH/c1-22-10-3-4-11(22)8-12(7-10)26-16(25)23-14-5-2-9(17(18,19)20)6-13(14)21-15(23)24;/h2,5-6,10-12H,3-4,7-8H2,1H3,(H,21,24);1H. The molecule has 2 aliphatic rings. The number of alkyl halides is 3. The number of aromatic amines is 1. The van der Waals surface area contributed by atoms with Gasteiger partial charge < -0.3 is 14.6 Å². The van der Waals surface area contributed by atoms with Gasteiger partial charge in [0.05, 0.1) is 16.6 Å². The lowest BCUT2D eigenvalue weighted by Gasteiger charge is -2.35. The lowest BCUT2D eigenvalue weighted by Crippen LogP contribution is -2.44. The van der Waals surface area contributed by atoms with Crippen molar-refractivity contribution in [2.75, 3.05) is 7.05 Å². The van der Waals surface area contributed by atoms with Crippen molar-refractivity contribution < 1.29 is 22.7 Å². The van der Waals surface area contributed by atoms with Gasteiger partial charge in [-0.15, -0.1) is 12.4 Å². The van der Waals surface area contributed by atoms with E-state index >= 15 is 0 Å². The number of rotatable bonds is 1. The Morgan fingerprint density at radius 3 is 2.44 bits per heavy atom. The van der Waals surface area contributed by atoms with E-state index in [0.29, 0.717) is 24.9 Å². The highest BCUT2D eigenvalue weighted by atomic mass is 35.5. The van der Waals surface area contributed by atoms with Crippen molar-refractivity contribution in [3.05, 3.63) is 34.2 Å². The Balaban J connectivity index is 0.00000210. The minimum atomic E-state index is -4.53. The molecule has 0 amide bonds. The zero-order valence-corrected chi connectivity index (χ0v) is 15.3. The second-order valence-electron chi connectivity index (χ2n) is 7.02. The fourth-order valence-electron chi connectivity index (χ4n) is 4.12. The summed E-state index contributed by atoms with van der Waals surface area (Å²) in [5, 5.41) is 0. The van der Waals surface area contributed by atoms with Crippen LogP contribution in [0.3, 0.4) is 0 Å². The summed E-state index contributed by atoms with van der Waals surface area (Å²) in [4.78, 5) is 29.2. The van der Waals surface area contributed by atoms with Crippen LogP contribution in [0.1, 0.15) is 31.2 Å². The predicted octanol–water partition coefficient (Wildman–Crippen LogP) is 3.38. The number of piperidine rings is 1. The number of hydrogen-bond donors (Lipinski definition) is 1. The quantitative estimate of drug-likeness (QED) is 0.789. The fourth-order valence-corrected chi connectivity index (χ4v) is 4.12. The van der Waals surface area contributed by atoms with Gasteiger partial charge in [0.1, 0.15) is 6.10 Å². The number of carbonyl (C=O) groups excluding carboxylic acids is 1. The van der Waals surface area contributed by atoms with Crippen LogP contribution in [0.15, 0.2) is 23.0 Å². The molecule has 0 aliphatic carbocycles. The molecule has 4 rings (SSSR count). The van der Waals surface area contributed by atoms with Crippen molar-refractivity contribution in [1.82, 2.24) is 14.5 Å². The maximum Gasteiger partial charge on any atom is 0.423 e. The molecule has 0 saturated carbocycles. The van der Waals surface area contributed by atoms with Gasteiger partial charge in [0, 0.05) is 24.9 Å². The molecule has 0 spiro atoms. The lowest BCUT2D eigenvalue weighted by atomic mass is 10.0. The number of imidazole rings is 1. The Labute approximate surface area is 158 Å². The van der Waals surface area contributed by atoms with E-state index in [2.05, 4.69) is 16.9 Å². The number of hydrogen-bond acceptors (Lipinski definition) is 4. The molecule has 10 heteroatoms. The van der Waals surface area contributed by atoms with Gasteiger partial charge in [-0.1, -0.05) is 0 Å². The number of halogens is 4. The van der Waals surface area contributed by atoms with E-state index in [1.165, 1.54) is 0 Å². The van der Waals surface area contributed by atoms with Gasteiger partial charge in [-0.05, 0) is 38.1 Å².